The average Bonchev–Trinajstić information content (AvgIpc) is 2.97. The van der Waals surface area contributed by atoms with Crippen LogP contribution in [0.25, 0.3) is 0 Å². The molecule has 23 heavy (non-hydrogen) atoms. The van der Waals surface area contributed by atoms with Crippen LogP contribution < -0.4 is 0 Å². The molecule has 2 atom stereocenters. The van der Waals surface area contributed by atoms with Crippen molar-refractivity contribution in [3.63, 3.8) is 0 Å². The van der Waals surface area contributed by atoms with Crippen molar-refractivity contribution >= 4 is 5.91 Å². The number of aliphatic hydroxyl groups excluding tert-OH is 1. The Morgan fingerprint density at radius 3 is 2.87 bits per heavy atom. The molecule has 5 heteroatoms. The molecule has 2 rings (SSSR count). The lowest BCUT2D eigenvalue weighted by atomic mass is 10.0. The Hall–Kier alpha value is -1.33. The number of amides is 1. The summed E-state index contributed by atoms with van der Waals surface area (Å²) in [6, 6.07) is 4.04. The van der Waals surface area contributed by atoms with Crippen molar-refractivity contribution < 1.29 is 14.3 Å². The maximum Gasteiger partial charge on any atom is 0.236 e. The molecular formula is C18H30N2O3. The standard InChI is InChI=1S/C18H30N2O3/c1-14(2)19(3)18(22)13-20-10-6-4-5-8-15(20)12-16(21)17-9-7-11-23-17/h7,9,11,14-16,21H,4-6,8,10,12-13H2,1-3H3. The van der Waals surface area contributed by atoms with Gasteiger partial charge in [0.2, 0.25) is 5.91 Å². The monoisotopic (exact) mass is 322 g/mol. The van der Waals surface area contributed by atoms with Crippen molar-refractivity contribution in [1.29, 1.82) is 0 Å². The zero-order chi connectivity index (χ0) is 16.8. The van der Waals surface area contributed by atoms with Gasteiger partial charge in [-0.3, -0.25) is 9.69 Å². The predicted molar refractivity (Wildman–Crippen MR) is 90.0 cm³/mol. The number of furan rings is 1. The molecule has 130 valence electrons. The van der Waals surface area contributed by atoms with Gasteiger partial charge in [-0.25, -0.2) is 0 Å². The Morgan fingerprint density at radius 1 is 1.43 bits per heavy atom. The Labute approximate surface area is 139 Å². The fourth-order valence-electron chi connectivity index (χ4n) is 3.14. The molecule has 0 aromatic carbocycles. The molecule has 0 aliphatic carbocycles. The van der Waals surface area contributed by atoms with Gasteiger partial charge >= 0.3 is 0 Å². The van der Waals surface area contributed by atoms with Gasteiger partial charge < -0.3 is 14.4 Å². The minimum Gasteiger partial charge on any atom is -0.467 e. The third kappa shape index (κ3) is 5.08. The molecule has 1 amide bonds. The molecule has 2 unspecified atom stereocenters. The fourth-order valence-corrected chi connectivity index (χ4v) is 3.14. The highest BCUT2D eigenvalue weighted by Crippen LogP contribution is 2.26. The molecular weight excluding hydrogens is 292 g/mol. The summed E-state index contributed by atoms with van der Waals surface area (Å²) in [5.74, 6) is 0.763. The maximum absolute atomic E-state index is 12.4. The smallest absolute Gasteiger partial charge is 0.236 e. The molecule has 2 heterocycles. The van der Waals surface area contributed by atoms with Crippen LogP contribution in [0.15, 0.2) is 22.8 Å². The summed E-state index contributed by atoms with van der Waals surface area (Å²) >= 11 is 0. The highest BCUT2D eigenvalue weighted by Gasteiger charge is 2.27. The summed E-state index contributed by atoms with van der Waals surface area (Å²) in [7, 11) is 1.86. The third-order valence-corrected chi connectivity index (χ3v) is 4.87. The molecule has 0 bridgehead atoms. The van der Waals surface area contributed by atoms with Gasteiger partial charge in [-0.2, -0.15) is 0 Å². The van der Waals surface area contributed by atoms with Crippen molar-refractivity contribution in [2.75, 3.05) is 20.1 Å². The van der Waals surface area contributed by atoms with E-state index in [1.54, 1.807) is 17.2 Å². The summed E-state index contributed by atoms with van der Waals surface area (Å²) in [5.41, 5.74) is 0. The molecule has 1 aliphatic heterocycles. The minimum atomic E-state index is -0.603. The number of likely N-dealkylation sites (N-methyl/N-ethyl adjacent to an activating group) is 1. The van der Waals surface area contributed by atoms with E-state index >= 15 is 0 Å². The summed E-state index contributed by atoms with van der Waals surface area (Å²) in [4.78, 5) is 16.5. The molecule has 0 saturated carbocycles. The van der Waals surface area contributed by atoms with Crippen molar-refractivity contribution in [1.82, 2.24) is 9.80 Å². The Balaban J connectivity index is 2.00. The topological polar surface area (TPSA) is 56.9 Å². The number of rotatable bonds is 6. The van der Waals surface area contributed by atoms with Crippen molar-refractivity contribution in [3.05, 3.63) is 24.2 Å². The van der Waals surface area contributed by atoms with E-state index in [-0.39, 0.29) is 18.0 Å². The van der Waals surface area contributed by atoms with Crippen LogP contribution in [0.1, 0.15) is 57.8 Å². The molecule has 1 aliphatic rings. The first-order chi connectivity index (χ1) is 11.0. The van der Waals surface area contributed by atoms with Gasteiger partial charge in [0.1, 0.15) is 11.9 Å². The molecule has 1 aromatic rings. The molecule has 1 saturated heterocycles. The van der Waals surface area contributed by atoms with Crippen molar-refractivity contribution in [2.45, 2.75) is 64.1 Å². The summed E-state index contributed by atoms with van der Waals surface area (Å²) in [5, 5.41) is 10.4. The van der Waals surface area contributed by atoms with Crippen LogP contribution in [0.2, 0.25) is 0 Å². The number of likely N-dealkylation sites (tertiary alicyclic amines) is 1. The van der Waals surface area contributed by atoms with E-state index in [9.17, 15) is 9.90 Å². The normalized spacial score (nSPS) is 21.2. The first-order valence-electron chi connectivity index (χ1n) is 8.70. The van der Waals surface area contributed by atoms with Gasteiger partial charge in [-0.05, 0) is 51.8 Å². The average molecular weight is 322 g/mol. The Bertz CT molecular complexity index is 473. The first kappa shape index (κ1) is 18.0. The quantitative estimate of drug-likeness (QED) is 0.875. The van der Waals surface area contributed by atoms with E-state index in [0.717, 1.165) is 25.8 Å². The van der Waals surface area contributed by atoms with Gasteiger partial charge in [0.15, 0.2) is 0 Å². The highest BCUT2D eigenvalue weighted by molar-refractivity contribution is 5.78. The summed E-state index contributed by atoms with van der Waals surface area (Å²) in [6.07, 6.45) is 6.09. The first-order valence-corrected chi connectivity index (χ1v) is 8.70. The molecule has 1 aromatic heterocycles. The van der Waals surface area contributed by atoms with Crippen LogP contribution in [0.3, 0.4) is 0 Å². The van der Waals surface area contributed by atoms with Crippen LogP contribution in [-0.4, -0.2) is 53.0 Å². The third-order valence-electron chi connectivity index (χ3n) is 4.87. The largest absolute Gasteiger partial charge is 0.467 e. The second kappa shape index (κ2) is 8.50. The van der Waals surface area contributed by atoms with Crippen LogP contribution in [-0.2, 0) is 4.79 Å². The number of hydrogen-bond acceptors (Lipinski definition) is 4. The predicted octanol–water partition coefficient (Wildman–Crippen LogP) is 2.81. The van der Waals surface area contributed by atoms with E-state index in [0.29, 0.717) is 18.7 Å². The van der Waals surface area contributed by atoms with Gasteiger partial charge in [0, 0.05) is 19.1 Å². The lowest BCUT2D eigenvalue weighted by molar-refractivity contribution is -0.133. The number of carbonyl (C=O) groups excluding carboxylic acids is 1. The molecule has 1 N–H and O–H groups in total. The summed E-state index contributed by atoms with van der Waals surface area (Å²) < 4.78 is 5.31. The zero-order valence-corrected chi connectivity index (χ0v) is 14.6. The van der Waals surface area contributed by atoms with Crippen LogP contribution in [0.5, 0.6) is 0 Å². The van der Waals surface area contributed by atoms with E-state index in [1.807, 2.05) is 27.0 Å². The number of carbonyl (C=O) groups is 1. The SMILES string of the molecule is CC(C)N(C)C(=O)CN1CCCCCC1CC(O)c1ccco1. The number of hydrogen-bond donors (Lipinski definition) is 1. The Kier molecular flexibility index (Phi) is 6.66. The number of aliphatic hydroxyl groups is 1. The minimum absolute atomic E-state index is 0.152. The summed E-state index contributed by atoms with van der Waals surface area (Å²) in [6.45, 7) is 5.41. The van der Waals surface area contributed by atoms with Crippen LogP contribution >= 0.6 is 0 Å². The lowest BCUT2D eigenvalue weighted by Gasteiger charge is -2.32. The van der Waals surface area contributed by atoms with E-state index < -0.39 is 6.10 Å². The van der Waals surface area contributed by atoms with E-state index in [1.165, 1.54) is 6.42 Å². The Morgan fingerprint density at radius 2 is 2.22 bits per heavy atom. The number of nitrogens with zero attached hydrogens (tertiary/aromatic N) is 2. The zero-order valence-electron chi connectivity index (χ0n) is 14.6. The molecule has 0 spiro atoms. The van der Waals surface area contributed by atoms with Crippen LogP contribution in [0.4, 0.5) is 0 Å². The van der Waals surface area contributed by atoms with Gasteiger partial charge in [-0.15, -0.1) is 0 Å². The lowest BCUT2D eigenvalue weighted by Crippen LogP contribution is -2.45. The molecule has 1 fully saturated rings. The second-order valence-corrected chi connectivity index (χ2v) is 6.84. The van der Waals surface area contributed by atoms with E-state index in [2.05, 4.69) is 4.90 Å². The van der Waals surface area contributed by atoms with Gasteiger partial charge in [0.05, 0.1) is 12.8 Å². The maximum atomic E-state index is 12.4. The molecule has 5 nitrogen and oxygen atoms in total. The van der Waals surface area contributed by atoms with Crippen molar-refractivity contribution in [2.24, 2.45) is 0 Å². The van der Waals surface area contributed by atoms with Gasteiger partial charge in [-0.1, -0.05) is 12.8 Å². The van der Waals surface area contributed by atoms with Crippen molar-refractivity contribution in [3.8, 4) is 0 Å². The van der Waals surface area contributed by atoms with E-state index in [4.69, 9.17) is 4.42 Å². The molecule has 0 radical (unpaired) electrons. The fraction of sp³-hybridized carbons (Fsp3) is 0.722. The van der Waals surface area contributed by atoms with Gasteiger partial charge in [0.25, 0.3) is 0 Å². The highest BCUT2D eigenvalue weighted by atomic mass is 16.4. The second-order valence-electron chi connectivity index (χ2n) is 6.84. The van der Waals surface area contributed by atoms with Crippen LogP contribution in [0, 0.1) is 0 Å².